The van der Waals surface area contributed by atoms with E-state index in [4.69, 9.17) is 9.47 Å². The van der Waals surface area contributed by atoms with Crippen molar-refractivity contribution in [2.75, 3.05) is 49.6 Å². The number of nitrogens with one attached hydrogen (secondary N) is 2. The van der Waals surface area contributed by atoms with Crippen LogP contribution in [0.5, 0.6) is 11.5 Å². The SMILES string of the molecule is O=C1C[C@H](C(=O)Nc2ccc3c(c2)OCCO3)N=C(N2CCN(c3ccccc3F)CC2)N1. The standard InChI is InChI=1S/C23H24FN5O4/c24-16-3-1-2-4-18(16)28-7-9-29(10-8-28)23-26-17(14-21(30)27-23)22(31)25-15-5-6-19-20(13-15)33-12-11-32-19/h1-6,13,17H,7-12,14H2,(H,25,31)(H,26,27,30)/t17-/m1/s1. The van der Waals surface area contributed by atoms with Crippen molar-refractivity contribution < 1.29 is 23.5 Å². The zero-order valence-electron chi connectivity index (χ0n) is 17.9. The molecule has 1 fully saturated rings. The fraction of sp³-hybridized carbons (Fsp3) is 0.348. The number of amides is 2. The Hall–Kier alpha value is -3.82. The molecule has 0 bridgehead atoms. The molecule has 0 unspecified atom stereocenters. The van der Waals surface area contributed by atoms with Gasteiger partial charge in [-0.25, -0.2) is 9.38 Å². The molecule has 3 heterocycles. The Morgan fingerprint density at radius 2 is 1.76 bits per heavy atom. The highest BCUT2D eigenvalue weighted by Crippen LogP contribution is 2.32. The molecule has 0 aromatic heterocycles. The van der Waals surface area contributed by atoms with Crippen LogP contribution in [0.1, 0.15) is 6.42 Å². The summed E-state index contributed by atoms with van der Waals surface area (Å²) in [6.07, 6.45) is -0.0327. The van der Waals surface area contributed by atoms with Crippen LogP contribution < -0.4 is 25.0 Å². The van der Waals surface area contributed by atoms with Gasteiger partial charge in [0.2, 0.25) is 17.8 Å². The summed E-state index contributed by atoms with van der Waals surface area (Å²) in [6, 6.07) is 11.0. The molecule has 10 heteroatoms. The zero-order chi connectivity index (χ0) is 22.8. The molecular weight excluding hydrogens is 429 g/mol. The normalized spacial score (nSPS) is 20.1. The quantitative estimate of drug-likeness (QED) is 0.733. The summed E-state index contributed by atoms with van der Waals surface area (Å²) in [7, 11) is 0. The van der Waals surface area contributed by atoms with E-state index in [-0.39, 0.29) is 24.1 Å². The first-order valence-electron chi connectivity index (χ1n) is 10.9. The molecule has 1 atom stereocenters. The third-order valence-electron chi connectivity index (χ3n) is 5.79. The molecule has 5 rings (SSSR count). The summed E-state index contributed by atoms with van der Waals surface area (Å²) in [5, 5.41) is 5.58. The Morgan fingerprint density at radius 1 is 1.03 bits per heavy atom. The van der Waals surface area contributed by atoms with E-state index < -0.39 is 6.04 Å². The average molecular weight is 453 g/mol. The maximum atomic E-state index is 14.1. The van der Waals surface area contributed by atoms with Crippen LogP contribution in [0.3, 0.4) is 0 Å². The largest absolute Gasteiger partial charge is 0.486 e. The molecule has 0 aliphatic carbocycles. The summed E-state index contributed by atoms with van der Waals surface area (Å²) >= 11 is 0. The fourth-order valence-electron chi connectivity index (χ4n) is 4.10. The predicted octanol–water partition coefficient (Wildman–Crippen LogP) is 1.60. The van der Waals surface area contributed by atoms with Crippen LogP contribution in [0, 0.1) is 5.82 Å². The Balaban J connectivity index is 1.24. The van der Waals surface area contributed by atoms with Crippen LogP contribution in [0.4, 0.5) is 15.8 Å². The molecule has 172 valence electrons. The molecule has 3 aliphatic heterocycles. The highest BCUT2D eigenvalue weighted by Gasteiger charge is 2.31. The van der Waals surface area contributed by atoms with Crippen LogP contribution in [0.25, 0.3) is 0 Å². The van der Waals surface area contributed by atoms with Gasteiger partial charge < -0.3 is 24.6 Å². The first-order valence-corrected chi connectivity index (χ1v) is 10.9. The summed E-state index contributed by atoms with van der Waals surface area (Å²) in [5.41, 5.74) is 1.11. The van der Waals surface area contributed by atoms with E-state index in [1.165, 1.54) is 6.07 Å². The fourth-order valence-corrected chi connectivity index (χ4v) is 4.10. The van der Waals surface area contributed by atoms with Gasteiger partial charge in [-0.3, -0.25) is 14.9 Å². The van der Waals surface area contributed by atoms with Crippen molar-refractivity contribution in [2.45, 2.75) is 12.5 Å². The smallest absolute Gasteiger partial charge is 0.249 e. The van der Waals surface area contributed by atoms with E-state index in [0.29, 0.717) is 68.2 Å². The molecule has 3 aliphatic rings. The number of ether oxygens (including phenoxy) is 2. The number of guanidine groups is 1. The average Bonchev–Trinajstić information content (AvgIpc) is 2.84. The topological polar surface area (TPSA) is 95.5 Å². The lowest BCUT2D eigenvalue weighted by Crippen LogP contribution is -2.56. The highest BCUT2D eigenvalue weighted by atomic mass is 19.1. The minimum absolute atomic E-state index is 0.0327. The molecular formula is C23H24FN5O4. The van der Waals surface area contributed by atoms with Gasteiger partial charge in [-0.15, -0.1) is 0 Å². The van der Waals surface area contributed by atoms with E-state index in [1.54, 1.807) is 36.4 Å². The molecule has 2 aromatic rings. The first kappa shape index (κ1) is 21.0. The second kappa shape index (κ2) is 8.97. The number of carbonyl (C=O) groups is 2. The lowest BCUT2D eigenvalue weighted by atomic mass is 10.1. The highest BCUT2D eigenvalue weighted by molar-refractivity contribution is 6.06. The van der Waals surface area contributed by atoms with Gasteiger partial charge >= 0.3 is 0 Å². The van der Waals surface area contributed by atoms with Gasteiger partial charge in [0.15, 0.2) is 11.5 Å². The lowest BCUT2D eigenvalue weighted by Gasteiger charge is -2.38. The molecule has 2 N–H and O–H groups in total. The van der Waals surface area contributed by atoms with Gasteiger partial charge in [0.25, 0.3) is 0 Å². The number of nitrogens with zero attached hydrogens (tertiary/aromatic N) is 3. The summed E-state index contributed by atoms with van der Waals surface area (Å²) in [4.78, 5) is 33.5. The maximum absolute atomic E-state index is 14.1. The van der Waals surface area contributed by atoms with Crippen LogP contribution in [-0.4, -0.2) is 68.1 Å². The van der Waals surface area contributed by atoms with Crippen LogP contribution in [0.2, 0.25) is 0 Å². The molecule has 2 amide bonds. The predicted molar refractivity (Wildman–Crippen MR) is 120 cm³/mol. The van der Waals surface area contributed by atoms with Crippen molar-refractivity contribution in [1.29, 1.82) is 0 Å². The van der Waals surface area contributed by atoms with Gasteiger partial charge in [0.1, 0.15) is 25.1 Å². The van der Waals surface area contributed by atoms with E-state index >= 15 is 0 Å². The number of fused-ring (bicyclic) bond motifs is 1. The number of rotatable bonds is 3. The number of halogens is 1. The minimum Gasteiger partial charge on any atom is -0.486 e. The van der Waals surface area contributed by atoms with Crippen molar-refractivity contribution >= 4 is 29.1 Å². The number of piperazine rings is 1. The van der Waals surface area contributed by atoms with E-state index in [2.05, 4.69) is 15.6 Å². The van der Waals surface area contributed by atoms with Gasteiger partial charge in [0, 0.05) is 37.9 Å². The monoisotopic (exact) mass is 453 g/mol. The molecule has 1 saturated heterocycles. The second-order valence-corrected chi connectivity index (χ2v) is 7.99. The Morgan fingerprint density at radius 3 is 2.55 bits per heavy atom. The summed E-state index contributed by atoms with van der Waals surface area (Å²) in [5.74, 6) is 0.679. The molecule has 0 spiro atoms. The van der Waals surface area contributed by atoms with Crippen molar-refractivity contribution in [3.05, 3.63) is 48.3 Å². The number of carbonyl (C=O) groups excluding carboxylic acids is 2. The third-order valence-corrected chi connectivity index (χ3v) is 5.79. The minimum atomic E-state index is -0.841. The molecule has 0 radical (unpaired) electrons. The van der Waals surface area contributed by atoms with E-state index in [9.17, 15) is 14.0 Å². The first-order chi connectivity index (χ1) is 16.1. The number of hydrogen-bond donors (Lipinski definition) is 2. The zero-order valence-corrected chi connectivity index (χ0v) is 17.9. The van der Waals surface area contributed by atoms with Crippen LogP contribution >= 0.6 is 0 Å². The van der Waals surface area contributed by atoms with Gasteiger partial charge in [-0.2, -0.15) is 0 Å². The number of para-hydroxylation sites is 1. The van der Waals surface area contributed by atoms with Crippen molar-refractivity contribution in [1.82, 2.24) is 10.2 Å². The van der Waals surface area contributed by atoms with Crippen LogP contribution in [0.15, 0.2) is 47.5 Å². The molecule has 0 saturated carbocycles. The number of anilines is 2. The maximum Gasteiger partial charge on any atom is 0.249 e. The number of hydrogen-bond acceptors (Lipinski definition) is 7. The van der Waals surface area contributed by atoms with Crippen molar-refractivity contribution in [3.63, 3.8) is 0 Å². The van der Waals surface area contributed by atoms with Gasteiger partial charge in [-0.1, -0.05) is 12.1 Å². The Labute approximate surface area is 190 Å². The summed E-state index contributed by atoms with van der Waals surface area (Å²) < 4.78 is 25.1. The molecule has 2 aromatic carbocycles. The van der Waals surface area contributed by atoms with E-state index in [0.717, 1.165) is 0 Å². The Kier molecular flexibility index (Phi) is 5.72. The second-order valence-electron chi connectivity index (χ2n) is 7.99. The number of benzene rings is 2. The van der Waals surface area contributed by atoms with E-state index in [1.807, 2.05) is 9.80 Å². The van der Waals surface area contributed by atoms with Gasteiger partial charge in [-0.05, 0) is 24.3 Å². The molecule has 33 heavy (non-hydrogen) atoms. The molecule has 9 nitrogen and oxygen atoms in total. The number of aliphatic imine (C=N–C) groups is 1. The lowest BCUT2D eigenvalue weighted by molar-refractivity contribution is -0.125. The van der Waals surface area contributed by atoms with Crippen LogP contribution in [-0.2, 0) is 9.59 Å². The Bertz CT molecular complexity index is 1100. The van der Waals surface area contributed by atoms with Crippen molar-refractivity contribution in [3.8, 4) is 11.5 Å². The van der Waals surface area contributed by atoms with Gasteiger partial charge in [0.05, 0.1) is 12.1 Å². The third kappa shape index (κ3) is 4.55. The summed E-state index contributed by atoms with van der Waals surface area (Å²) in [6.45, 7) is 3.18. The van der Waals surface area contributed by atoms with Crippen molar-refractivity contribution in [2.24, 2.45) is 4.99 Å².